The number of ether oxygens (including phenoxy) is 1. The molecule has 2 rings (SSSR count). The molecule has 0 saturated heterocycles. The van der Waals surface area contributed by atoms with Gasteiger partial charge in [0, 0.05) is 6.04 Å². The molecular formula is C13H18ClNO. The minimum Gasteiger partial charge on any atom is -0.490 e. The van der Waals surface area contributed by atoms with Crippen LogP contribution >= 0.6 is 11.6 Å². The third-order valence-corrected chi connectivity index (χ3v) is 3.59. The molecule has 0 radical (unpaired) electrons. The molecule has 2 nitrogen and oxygen atoms in total. The lowest BCUT2D eigenvalue weighted by Crippen LogP contribution is -2.34. The predicted octanol–water partition coefficient (Wildman–Crippen LogP) is 3.24. The highest BCUT2D eigenvalue weighted by atomic mass is 35.5. The molecule has 0 heterocycles. The second-order valence-corrected chi connectivity index (χ2v) is 4.86. The molecule has 0 spiro atoms. The van der Waals surface area contributed by atoms with Crippen molar-refractivity contribution in [3.05, 3.63) is 29.3 Å². The average Bonchev–Trinajstić information content (AvgIpc) is 2.81. The summed E-state index contributed by atoms with van der Waals surface area (Å²) in [7, 11) is 0. The molecule has 1 aliphatic carbocycles. The maximum absolute atomic E-state index is 6.11. The molecule has 0 aromatic heterocycles. The molecule has 3 heteroatoms. The number of halogens is 1. The van der Waals surface area contributed by atoms with E-state index in [1.807, 2.05) is 24.3 Å². The Morgan fingerprint density at radius 2 is 2.00 bits per heavy atom. The lowest BCUT2D eigenvalue weighted by Gasteiger charge is -2.19. The number of benzene rings is 1. The number of hydrogen-bond acceptors (Lipinski definition) is 2. The molecular weight excluding hydrogens is 222 g/mol. The smallest absolute Gasteiger partial charge is 0.137 e. The monoisotopic (exact) mass is 239 g/mol. The maximum Gasteiger partial charge on any atom is 0.137 e. The van der Waals surface area contributed by atoms with Crippen LogP contribution in [0.5, 0.6) is 5.75 Å². The number of para-hydroxylation sites is 1. The first kappa shape index (κ1) is 11.7. The van der Waals surface area contributed by atoms with E-state index in [-0.39, 0.29) is 6.04 Å². The van der Waals surface area contributed by atoms with Gasteiger partial charge in [0.05, 0.1) is 5.02 Å². The van der Waals surface area contributed by atoms with Gasteiger partial charge in [-0.15, -0.1) is 0 Å². The molecule has 0 aliphatic heterocycles. The van der Waals surface area contributed by atoms with Gasteiger partial charge in [0.1, 0.15) is 12.4 Å². The third-order valence-electron chi connectivity index (χ3n) is 3.27. The normalized spacial score (nSPS) is 18.6. The molecule has 2 N–H and O–H groups in total. The van der Waals surface area contributed by atoms with E-state index in [0.29, 0.717) is 17.5 Å². The zero-order chi connectivity index (χ0) is 11.4. The van der Waals surface area contributed by atoms with Gasteiger partial charge in [-0.25, -0.2) is 0 Å². The largest absolute Gasteiger partial charge is 0.490 e. The van der Waals surface area contributed by atoms with Gasteiger partial charge in [0.25, 0.3) is 0 Å². The van der Waals surface area contributed by atoms with Crippen LogP contribution in [0.3, 0.4) is 0 Å². The van der Waals surface area contributed by atoms with E-state index in [1.165, 1.54) is 25.7 Å². The SMILES string of the molecule is NC(COc1ccccc1Cl)C1CCCC1. The van der Waals surface area contributed by atoms with Gasteiger partial charge < -0.3 is 10.5 Å². The molecule has 1 unspecified atom stereocenters. The number of hydrogen-bond donors (Lipinski definition) is 1. The van der Waals surface area contributed by atoms with E-state index in [1.54, 1.807) is 0 Å². The fourth-order valence-electron chi connectivity index (χ4n) is 2.27. The first-order chi connectivity index (χ1) is 7.77. The summed E-state index contributed by atoms with van der Waals surface area (Å²) in [5.74, 6) is 1.36. The average molecular weight is 240 g/mol. The van der Waals surface area contributed by atoms with Crippen molar-refractivity contribution in [2.45, 2.75) is 31.7 Å². The molecule has 1 aromatic rings. The summed E-state index contributed by atoms with van der Waals surface area (Å²) in [6.45, 7) is 0.564. The van der Waals surface area contributed by atoms with Gasteiger partial charge in [-0.2, -0.15) is 0 Å². The van der Waals surface area contributed by atoms with E-state index >= 15 is 0 Å². The number of nitrogens with two attached hydrogens (primary N) is 1. The van der Waals surface area contributed by atoms with Crippen molar-refractivity contribution in [2.75, 3.05) is 6.61 Å². The van der Waals surface area contributed by atoms with Crippen LogP contribution in [0.25, 0.3) is 0 Å². The Bertz CT molecular complexity index is 336. The number of rotatable bonds is 4. The van der Waals surface area contributed by atoms with Crippen LogP contribution < -0.4 is 10.5 Å². The van der Waals surface area contributed by atoms with Gasteiger partial charge in [-0.05, 0) is 30.9 Å². The van der Waals surface area contributed by atoms with Crippen molar-refractivity contribution in [1.82, 2.24) is 0 Å². The first-order valence-corrected chi connectivity index (χ1v) is 6.28. The van der Waals surface area contributed by atoms with Gasteiger partial charge in [-0.1, -0.05) is 36.6 Å². The summed E-state index contributed by atoms with van der Waals surface area (Å²) in [6.07, 6.45) is 5.11. The fraction of sp³-hybridized carbons (Fsp3) is 0.538. The lowest BCUT2D eigenvalue weighted by atomic mass is 10.00. The Morgan fingerprint density at radius 3 is 2.69 bits per heavy atom. The Balaban J connectivity index is 1.84. The third kappa shape index (κ3) is 2.89. The highest BCUT2D eigenvalue weighted by Gasteiger charge is 2.22. The molecule has 88 valence electrons. The van der Waals surface area contributed by atoms with E-state index in [0.717, 1.165) is 5.75 Å². The minimum atomic E-state index is 0.138. The Kier molecular flexibility index (Phi) is 4.08. The van der Waals surface area contributed by atoms with Crippen molar-refractivity contribution in [1.29, 1.82) is 0 Å². The highest BCUT2D eigenvalue weighted by Crippen LogP contribution is 2.28. The van der Waals surface area contributed by atoms with Crippen LogP contribution in [-0.2, 0) is 0 Å². The van der Waals surface area contributed by atoms with Crippen molar-refractivity contribution in [3.8, 4) is 5.75 Å². The van der Waals surface area contributed by atoms with E-state index < -0.39 is 0 Å². The van der Waals surface area contributed by atoms with Crippen LogP contribution in [-0.4, -0.2) is 12.6 Å². The highest BCUT2D eigenvalue weighted by molar-refractivity contribution is 6.32. The van der Waals surface area contributed by atoms with Crippen molar-refractivity contribution >= 4 is 11.6 Å². The maximum atomic E-state index is 6.11. The van der Waals surface area contributed by atoms with E-state index in [4.69, 9.17) is 22.1 Å². The molecule has 1 fully saturated rings. The van der Waals surface area contributed by atoms with Crippen LogP contribution in [0, 0.1) is 5.92 Å². The Labute approximate surface area is 102 Å². The van der Waals surface area contributed by atoms with Gasteiger partial charge >= 0.3 is 0 Å². The molecule has 0 bridgehead atoms. The summed E-state index contributed by atoms with van der Waals surface area (Å²) in [5.41, 5.74) is 6.11. The Morgan fingerprint density at radius 1 is 1.31 bits per heavy atom. The standard InChI is InChI=1S/C13H18ClNO/c14-11-7-3-4-8-13(11)16-9-12(15)10-5-1-2-6-10/h3-4,7-8,10,12H,1-2,5-6,9,15H2. The summed E-state index contributed by atoms with van der Waals surface area (Å²) < 4.78 is 5.65. The van der Waals surface area contributed by atoms with Crippen LogP contribution in [0.15, 0.2) is 24.3 Å². The summed E-state index contributed by atoms with van der Waals surface area (Å²) >= 11 is 6.00. The molecule has 1 saturated carbocycles. The summed E-state index contributed by atoms with van der Waals surface area (Å²) in [6, 6.07) is 7.66. The van der Waals surface area contributed by atoms with Gasteiger partial charge in [-0.3, -0.25) is 0 Å². The van der Waals surface area contributed by atoms with Crippen LogP contribution in [0.2, 0.25) is 5.02 Å². The molecule has 1 aliphatic rings. The molecule has 16 heavy (non-hydrogen) atoms. The van der Waals surface area contributed by atoms with E-state index in [2.05, 4.69) is 0 Å². The van der Waals surface area contributed by atoms with Crippen LogP contribution in [0.4, 0.5) is 0 Å². The summed E-state index contributed by atoms with van der Waals surface area (Å²) in [5, 5.41) is 0.654. The molecule has 0 amide bonds. The quantitative estimate of drug-likeness (QED) is 0.876. The predicted molar refractivity (Wildman–Crippen MR) is 66.9 cm³/mol. The zero-order valence-corrected chi connectivity index (χ0v) is 10.1. The van der Waals surface area contributed by atoms with Gasteiger partial charge in [0.15, 0.2) is 0 Å². The van der Waals surface area contributed by atoms with Gasteiger partial charge in [0.2, 0.25) is 0 Å². The minimum absolute atomic E-state index is 0.138. The van der Waals surface area contributed by atoms with Crippen LogP contribution in [0.1, 0.15) is 25.7 Å². The Hall–Kier alpha value is -0.730. The van der Waals surface area contributed by atoms with Crippen molar-refractivity contribution in [2.24, 2.45) is 11.7 Å². The second-order valence-electron chi connectivity index (χ2n) is 4.45. The van der Waals surface area contributed by atoms with Crippen molar-refractivity contribution < 1.29 is 4.74 Å². The molecule has 1 aromatic carbocycles. The zero-order valence-electron chi connectivity index (χ0n) is 9.36. The topological polar surface area (TPSA) is 35.2 Å². The van der Waals surface area contributed by atoms with E-state index in [9.17, 15) is 0 Å². The van der Waals surface area contributed by atoms with Crippen molar-refractivity contribution in [3.63, 3.8) is 0 Å². The fourth-order valence-corrected chi connectivity index (χ4v) is 2.46. The summed E-state index contributed by atoms with van der Waals surface area (Å²) in [4.78, 5) is 0. The second kappa shape index (κ2) is 5.55. The first-order valence-electron chi connectivity index (χ1n) is 5.90. The molecule has 1 atom stereocenters. The lowest BCUT2D eigenvalue weighted by molar-refractivity contribution is 0.247.